The molecule has 0 spiro atoms. The van der Waals surface area contributed by atoms with Crippen LogP contribution in [-0.2, 0) is 5.54 Å². The van der Waals surface area contributed by atoms with E-state index in [-0.39, 0.29) is 11.9 Å². The summed E-state index contributed by atoms with van der Waals surface area (Å²) >= 11 is 3.29. The molecule has 0 fully saturated rings. The third-order valence-corrected chi connectivity index (χ3v) is 4.36. The van der Waals surface area contributed by atoms with E-state index in [9.17, 15) is 4.39 Å². The summed E-state index contributed by atoms with van der Waals surface area (Å²) in [5, 5.41) is 0. The van der Waals surface area contributed by atoms with E-state index in [0.717, 1.165) is 10.9 Å². The minimum atomic E-state index is -0.510. The highest BCUT2D eigenvalue weighted by Gasteiger charge is 2.43. The van der Waals surface area contributed by atoms with Gasteiger partial charge in [-0.1, -0.05) is 28.9 Å². The van der Waals surface area contributed by atoms with Gasteiger partial charge < -0.3 is 10.6 Å². The Morgan fingerprint density at radius 1 is 1.58 bits per heavy atom. The van der Waals surface area contributed by atoms with Crippen molar-refractivity contribution in [1.82, 2.24) is 4.90 Å². The van der Waals surface area contributed by atoms with Crippen LogP contribution in [-0.4, -0.2) is 23.4 Å². The van der Waals surface area contributed by atoms with E-state index in [2.05, 4.69) is 34.8 Å². The van der Waals surface area contributed by atoms with Gasteiger partial charge in [-0.2, -0.15) is 0 Å². The molecule has 5 heteroatoms. The standard InChI is InChI=1S/C14H19BrFN3/c1-4-9(2)19-13(17)18-8-14(19,3)11-6-5-10(15)7-12(11)16/h5-7,9H,4,8H2,1-3H3,(H2,17,18). The van der Waals surface area contributed by atoms with Crippen molar-refractivity contribution in [2.24, 2.45) is 10.7 Å². The number of hydrogen-bond acceptors (Lipinski definition) is 3. The van der Waals surface area contributed by atoms with E-state index in [0.29, 0.717) is 18.1 Å². The average molecular weight is 328 g/mol. The maximum absolute atomic E-state index is 14.3. The van der Waals surface area contributed by atoms with E-state index in [1.165, 1.54) is 6.07 Å². The van der Waals surface area contributed by atoms with Gasteiger partial charge in [0.15, 0.2) is 5.96 Å². The van der Waals surface area contributed by atoms with E-state index < -0.39 is 5.54 Å². The first-order valence-corrected chi connectivity index (χ1v) is 7.24. The molecule has 0 aromatic heterocycles. The molecule has 1 aliphatic heterocycles. The molecule has 1 heterocycles. The minimum absolute atomic E-state index is 0.222. The lowest BCUT2D eigenvalue weighted by molar-refractivity contribution is 0.167. The summed E-state index contributed by atoms with van der Waals surface area (Å²) in [5.74, 6) is 0.272. The summed E-state index contributed by atoms with van der Waals surface area (Å²) in [5.41, 5.74) is 6.12. The Morgan fingerprint density at radius 2 is 2.26 bits per heavy atom. The summed E-state index contributed by atoms with van der Waals surface area (Å²) in [6, 6.07) is 5.37. The van der Waals surface area contributed by atoms with Crippen LogP contribution in [0.25, 0.3) is 0 Å². The summed E-state index contributed by atoms with van der Waals surface area (Å²) < 4.78 is 15.0. The Kier molecular flexibility index (Phi) is 3.85. The van der Waals surface area contributed by atoms with Crippen molar-refractivity contribution in [1.29, 1.82) is 0 Å². The van der Waals surface area contributed by atoms with Crippen molar-refractivity contribution in [2.45, 2.75) is 38.8 Å². The maximum atomic E-state index is 14.3. The number of nitrogens with zero attached hydrogens (tertiary/aromatic N) is 2. The van der Waals surface area contributed by atoms with Gasteiger partial charge in [0.2, 0.25) is 0 Å². The molecule has 0 radical (unpaired) electrons. The number of halogens is 2. The van der Waals surface area contributed by atoms with Gasteiger partial charge in [-0.25, -0.2) is 4.39 Å². The zero-order valence-electron chi connectivity index (χ0n) is 11.5. The molecular weight excluding hydrogens is 309 g/mol. The van der Waals surface area contributed by atoms with Gasteiger partial charge in [0.05, 0.1) is 12.1 Å². The lowest BCUT2D eigenvalue weighted by Crippen LogP contribution is -2.52. The molecule has 2 N–H and O–H groups in total. The molecule has 2 atom stereocenters. The molecular formula is C14H19BrFN3. The minimum Gasteiger partial charge on any atom is -0.370 e. The highest BCUT2D eigenvalue weighted by molar-refractivity contribution is 9.10. The van der Waals surface area contributed by atoms with Crippen LogP contribution < -0.4 is 5.73 Å². The van der Waals surface area contributed by atoms with Gasteiger partial charge in [-0.05, 0) is 32.4 Å². The summed E-state index contributed by atoms with van der Waals surface area (Å²) in [6.07, 6.45) is 0.934. The quantitative estimate of drug-likeness (QED) is 0.926. The molecule has 0 saturated heterocycles. The Bertz CT molecular complexity index is 517. The van der Waals surface area contributed by atoms with Gasteiger partial charge >= 0.3 is 0 Å². The molecule has 1 aromatic carbocycles. The van der Waals surface area contributed by atoms with Crippen LogP contribution in [0.5, 0.6) is 0 Å². The molecule has 0 saturated carbocycles. The summed E-state index contributed by atoms with van der Waals surface area (Å²) in [6.45, 7) is 6.66. The van der Waals surface area contributed by atoms with Gasteiger partial charge in [-0.3, -0.25) is 4.99 Å². The third kappa shape index (κ3) is 2.36. The molecule has 2 unspecified atom stereocenters. The average Bonchev–Trinajstić information content (AvgIpc) is 2.65. The van der Waals surface area contributed by atoms with E-state index in [1.54, 1.807) is 0 Å². The summed E-state index contributed by atoms with van der Waals surface area (Å²) in [7, 11) is 0. The molecule has 1 aliphatic rings. The fraction of sp³-hybridized carbons (Fsp3) is 0.500. The lowest BCUT2D eigenvalue weighted by atomic mass is 9.89. The second-order valence-electron chi connectivity index (χ2n) is 5.20. The SMILES string of the molecule is CCC(C)N1C(N)=NCC1(C)c1ccc(Br)cc1F. The zero-order valence-corrected chi connectivity index (χ0v) is 13.0. The number of nitrogens with two attached hydrogens (primary N) is 1. The van der Waals surface area contributed by atoms with Crippen LogP contribution in [0.15, 0.2) is 27.7 Å². The normalized spacial score (nSPS) is 24.5. The first-order chi connectivity index (χ1) is 8.90. The highest BCUT2D eigenvalue weighted by atomic mass is 79.9. The van der Waals surface area contributed by atoms with Crippen LogP contribution >= 0.6 is 15.9 Å². The third-order valence-electron chi connectivity index (χ3n) is 3.87. The maximum Gasteiger partial charge on any atom is 0.192 e. The van der Waals surface area contributed by atoms with Crippen molar-refractivity contribution in [3.05, 3.63) is 34.1 Å². The monoisotopic (exact) mass is 327 g/mol. The second kappa shape index (κ2) is 5.12. The van der Waals surface area contributed by atoms with Crippen LogP contribution in [0.3, 0.4) is 0 Å². The molecule has 19 heavy (non-hydrogen) atoms. The van der Waals surface area contributed by atoms with Crippen molar-refractivity contribution in [2.75, 3.05) is 6.54 Å². The Morgan fingerprint density at radius 3 is 2.84 bits per heavy atom. The summed E-state index contributed by atoms with van der Waals surface area (Å²) in [4.78, 5) is 6.35. The molecule has 2 rings (SSSR count). The second-order valence-corrected chi connectivity index (χ2v) is 6.12. The zero-order chi connectivity index (χ0) is 14.2. The Labute approximate surface area is 121 Å². The molecule has 0 bridgehead atoms. The number of rotatable bonds is 3. The van der Waals surface area contributed by atoms with Crippen molar-refractivity contribution in [3.8, 4) is 0 Å². The molecule has 104 valence electrons. The predicted octanol–water partition coefficient (Wildman–Crippen LogP) is 3.23. The Hall–Kier alpha value is -1.10. The van der Waals surface area contributed by atoms with Gasteiger partial charge in [-0.15, -0.1) is 0 Å². The van der Waals surface area contributed by atoms with Crippen molar-refractivity contribution < 1.29 is 4.39 Å². The lowest BCUT2D eigenvalue weighted by Gasteiger charge is -2.40. The molecule has 0 amide bonds. The fourth-order valence-corrected chi connectivity index (χ4v) is 3.01. The number of benzene rings is 1. The van der Waals surface area contributed by atoms with E-state index in [1.807, 2.05) is 24.0 Å². The van der Waals surface area contributed by atoms with E-state index in [4.69, 9.17) is 5.73 Å². The van der Waals surface area contributed by atoms with Gasteiger partial charge in [0.25, 0.3) is 0 Å². The first-order valence-electron chi connectivity index (χ1n) is 6.45. The topological polar surface area (TPSA) is 41.6 Å². The molecule has 3 nitrogen and oxygen atoms in total. The number of hydrogen-bond donors (Lipinski definition) is 1. The van der Waals surface area contributed by atoms with Crippen LogP contribution in [0.1, 0.15) is 32.8 Å². The largest absolute Gasteiger partial charge is 0.370 e. The van der Waals surface area contributed by atoms with Crippen LogP contribution in [0, 0.1) is 5.82 Å². The molecule has 0 aliphatic carbocycles. The van der Waals surface area contributed by atoms with Crippen molar-refractivity contribution in [3.63, 3.8) is 0 Å². The van der Waals surface area contributed by atoms with Gasteiger partial charge in [0.1, 0.15) is 5.82 Å². The highest BCUT2D eigenvalue weighted by Crippen LogP contribution is 2.37. The van der Waals surface area contributed by atoms with Gasteiger partial charge in [0, 0.05) is 16.1 Å². The van der Waals surface area contributed by atoms with Crippen LogP contribution in [0.2, 0.25) is 0 Å². The number of guanidine groups is 1. The predicted molar refractivity (Wildman–Crippen MR) is 79.5 cm³/mol. The fourth-order valence-electron chi connectivity index (χ4n) is 2.68. The molecule has 1 aromatic rings. The number of aliphatic imine (C=N–C) groups is 1. The smallest absolute Gasteiger partial charge is 0.192 e. The van der Waals surface area contributed by atoms with Crippen LogP contribution in [0.4, 0.5) is 4.39 Å². The van der Waals surface area contributed by atoms with E-state index >= 15 is 0 Å². The Balaban J connectivity index is 2.47. The first kappa shape index (κ1) is 14.3. The van der Waals surface area contributed by atoms with Crippen molar-refractivity contribution >= 4 is 21.9 Å².